The molecule has 372 valence electrons. The number of nitrogens with one attached hydrogen (secondary N) is 4. The van der Waals surface area contributed by atoms with E-state index in [1.165, 1.54) is 12.1 Å². The van der Waals surface area contributed by atoms with Gasteiger partial charge < -0.3 is 34.9 Å². The highest BCUT2D eigenvalue weighted by atomic mass is 127. The number of rotatable bonds is 19. The van der Waals surface area contributed by atoms with Crippen molar-refractivity contribution in [2.45, 2.75) is 83.8 Å². The van der Waals surface area contributed by atoms with Crippen LogP contribution in [-0.4, -0.2) is 108 Å². The van der Waals surface area contributed by atoms with Crippen LogP contribution in [0.3, 0.4) is 0 Å². The van der Waals surface area contributed by atoms with Crippen LogP contribution < -0.4 is 21.4 Å². The van der Waals surface area contributed by atoms with Crippen LogP contribution >= 0.6 is 34.2 Å². The van der Waals surface area contributed by atoms with E-state index >= 15 is 8.78 Å². The minimum absolute atomic E-state index is 0.177. The Morgan fingerprint density at radius 3 is 1.76 bits per heavy atom. The van der Waals surface area contributed by atoms with Crippen LogP contribution in [0.1, 0.15) is 45.4 Å². The molecule has 0 spiro atoms. The van der Waals surface area contributed by atoms with Gasteiger partial charge in [0.1, 0.15) is 29.8 Å². The molecule has 67 heavy (non-hydrogen) atoms. The Kier molecular flexibility index (Phi) is 19.3. The minimum atomic E-state index is -5.26. The van der Waals surface area contributed by atoms with Gasteiger partial charge in [0.15, 0.2) is 6.07 Å². The van der Waals surface area contributed by atoms with Gasteiger partial charge in [0.2, 0.25) is 5.91 Å². The smallest absolute Gasteiger partial charge is 0.453 e. The summed E-state index contributed by atoms with van der Waals surface area (Å²) in [5.74, 6) is -6.25. The molecule has 0 aliphatic rings. The number of nitrogens with zero attached hydrogens (tertiary/aromatic N) is 3. The van der Waals surface area contributed by atoms with Crippen molar-refractivity contribution in [1.29, 1.82) is 0 Å². The zero-order valence-corrected chi connectivity index (χ0v) is 38.8. The van der Waals surface area contributed by atoms with E-state index in [1.807, 2.05) is 33.3 Å². The van der Waals surface area contributed by atoms with Gasteiger partial charge in [-0.3, -0.25) is 15.0 Å². The van der Waals surface area contributed by atoms with E-state index in [9.17, 15) is 59.1 Å². The molecule has 3 rings (SSSR count). The first-order chi connectivity index (χ1) is 31.0. The molecule has 4 amide bonds. The third-order valence-electron chi connectivity index (χ3n) is 10.2. The number of hydrogen-bond donors (Lipinski definition) is 4. The van der Waals surface area contributed by atoms with E-state index in [-0.39, 0.29) is 21.5 Å². The van der Waals surface area contributed by atoms with E-state index in [1.54, 1.807) is 17.4 Å². The maximum Gasteiger partial charge on any atom is 0.509 e. The van der Waals surface area contributed by atoms with Crippen molar-refractivity contribution in [1.82, 2.24) is 36.2 Å². The molecule has 2 aromatic carbocycles. The van der Waals surface area contributed by atoms with Crippen molar-refractivity contribution in [3.63, 3.8) is 0 Å². The molecule has 1 aromatic heterocycles. The molecule has 4 N–H and O–H groups in total. The first kappa shape index (κ1) is 56.0. The van der Waals surface area contributed by atoms with Crippen LogP contribution in [0.2, 0.25) is 0 Å². The molecule has 0 radical (unpaired) electrons. The van der Waals surface area contributed by atoms with Crippen molar-refractivity contribution in [2.24, 2.45) is 10.8 Å². The molecule has 0 aliphatic carbocycles. The number of halogens is 12. The van der Waals surface area contributed by atoms with Gasteiger partial charge in [-0.15, -0.1) is 0 Å². The van der Waals surface area contributed by atoms with Crippen LogP contribution in [0.4, 0.5) is 58.3 Å². The lowest BCUT2D eigenvalue weighted by atomic mass is 9.82. The molecule has 16 nitrogen and oxygen atoms in total. The highest BCUT2D eigenvalue weighted by Gasteiger charge is 2.57. The molecule has 1 heterocycles. The molecule has 3 aromatic rings. The molecule has 4 atom stereocenters. The van der Waals surface area contributed by atoms with Gasteiger partial charge >= 0.3 is 37.2 Å². The summed E-state index contributed by atoms with van der Waals surface area (Å²) in [5, 5.41) is 9.84. The fraction of sp³-hybridized carbons (Fsp3) is 0.487. The third-order valence-corrected chi connectivity index (χ3v) is 11.0. The fourth-order valence-electron chi connectivity index (χ4n) is 5.97. The number of carbonyl (C=O) groups excluding carboxylic acids is 5. The Bertz CT molecular complexity index is 2190. The molecule has 0 aliphatic heterocycles. The minimum Gasteiger partial charge on any atom is -0.453 e. The molecule has 28 heteroatoms. The van der Waals surface area contributed by atoms with Gasteiger partial charge in [0.05, 0.1) is 43.3 Å². The number of hydrazine groups is 1. The van der Waals surface area contributed by atoms with Gasteiger partial charge in [0.25, 0.3) is 5.91 Å². The van der Waals surface area contributed by atoms with Crippen molar-refractivity contribution in [2.75, 3.05) is 26.8 Å². The number of benzene rings is 2. The molecule has 0 saturated carbocycles. The normalized spacial score (nSPS) is 14.1. The number of ether oxygens (including phenoxy) is 4. The zero-order chi connectivity index (χ0) is 50.8. The number of aromatic nitrogens is 2. The lowest BCUT2D eigenvalue weighted by Gasteiger charge is -2.38. The summed E-state index contributed by atoms with van der Waals surface area (Å²) in [5.41, 5.74) is -5.66. The van der Waals surface area contributed by atoms with Crippen LogP contribution in [0.5, 0.6) is 0 Å². The maximum atomic E-state index is 16.0. The van der Waals surface area contributed by atoms with Crippen LogP contribution in [-0.2, 0) is 41.5 Å². The number of alkyl carbamates (subject to hydrolysis) is 2. The summed E-state index contributed by atoms with van der Waals surface area (Å²) >= 11 is 7.49. The van der Waals surface area contributed by atoms with Gasteiger partial charge in [-0.1, -0.05) is 23.7 Å². The monoisotopic (exact) mass is 1110 g/mol. The highest BCUT2D eigenvalue weighted by Crippen LogP contribution is 2.42. The number of alkyl halides is 9. The van der Waals surface area contributed by atoms with Crippen LogP contribution in [0.15, 0.2) is 48.7 Å². The number of carbonyl (C=O) groups is 5. The van der Waals surface area contributed by atoms with E-state index in [0.29, 0.717) is 48.4 Å². The maximum absolute atomic E-state index is 16.0. The number of methoxy groups -OCH3 is 2. The standard InChI is InChI=1S/C39H43ClF10IN7O9/c1-36(2,38(45,46)47)28(53-33(61)64-5)30(59)52-26(13-19-7-9-21(51)10-8-19)27(67-35(63)66-18-40)17-57(56-31(60)29(54-34(62)65-6)37(3,4)39(48,49)50)16-22-23(41)14-20(15-24(22)42)25-11-12-58(55-25)32(43)44/h7-12,14-15,26-29,32H,13,16-18H2,1-6H3,(H,52,59)(H,53,61)(H,54,62)(H,56,60)/t26-,27-,28+,29+/m0/s1. The van der Waals surface area contributed by atoms with Crippen molar-refractivity contribution >= 4 is 64.3 Å². The molecular formula is C39H43ClF10IN7O9. The first-order valence-corrected chi connectivity index (χ1v) is 20.7. The lowest BCUT2D eigenvalue weighted by Crippen LogP contribution is -2.64. The zero-order valence-electron chi connectivity index (χ0n) is 35.9. The Morgan fingerprint density at radius 2 is 1.31 bits per heavy atom. The summed E-state index contributed by atoms with van der Waals surface area (Å²) in [4.78, 5) is 65.7. The molecule has 0 fully saturated rings. The first-order valence-electron chi connectivity index (χ1n) is 19.1. The second-order valence-corrected chi connectivity index (χ2v) is 16.9. The Balaban J connectivity index is 2.31. The van der Waals surface area contributed by atoms with Gasteiger partial charge in [-0.05, 0) is 92.6 Å². The number of amides is 4. The van der Waals surface area contributed by atoms with Crippen molar-refractivity contribution in [3.8, 4) is 11.3 Å². The quantitative estimate of drug-likeness (QED) is 0.0230. The second kappa shape index (κ2) is 23.1. The summed E-state index contributed by atoms with van der Waals surface area (Å²) in [7, 11) is 1.55. The predicted molar refractivity (Wildman–Crippen MR) is 223 cm³/mol. The Morgan fingerprint density at radius 1 is 0.806 bits per heavy atom. The summed E-state index contributed by atoms with van der Waals surface area (Å²) in [6.45, 7) is -3.38. The molecule has 0 unspecified atom stereocenters. The summed E-state index contributed by atoms with van der Waals surface area (Å²) < 4.78 is 165. The van der Waals surface area contributed by atoms with E-state index in [2.05, 4.69) is 24.6 Å². The van der Waals surface area contributed by atoms with Crippen LogP contribution in [0.25, 0.3) is 11.3 Å². The SMILES string of the molecule is COC(=O)N[C@H](C(=O)N[C@@H](Cc1ccc(I)cc1)[C@H](CN(Cc1c(F)cc(-c2ccn(C(F)F)n2)cc1F)NC(=O)[C@@H](NC(=O)OC)C(C)(C)C(F)(F)F)OC(=O)OCCl)C(C)(C)C(F)(F)F. The average molecular weight is 1110 g/mol. The van der Waals surface area contributed by atoms with Gasteiger partial charge in [0, 0.05) is 27.4 Å². The van der Waals surface area contributed by atoms with Gasteiger partial charge in [-0.25, -0.2) is 32.9 Å². The van der Waals surface area contributed by atoms with E-state index in [4.69, 9.17) is 16.3 Å². The fourth-order valence-corrected chi connectivity index (χ4v) is 6.42. The van der Waals surface area contributed by atoms with Crippen molar-refractivity contribution < 1.29 is 86.8 Å². The summed E-state index contributed by atoms with van der Waals surface area (Å²) in [6.07, 6.45) is -16.9. The third kappa shape index (κ3) is 14.8. The van der Waals surface area contributed by atoms with Crippen molar-refractivity contribution in [3.05, 3.63) is 75.0 Å². The lowest BCUT2D eigenvalue weighted by molar-refractivity contribution is -0.221. The van der Waals surface area contributed by atoms with E-state index < -0.39 is 127 Å². The Hall–Kier alpha value is -5.32. The van der Waals surface area contributed by atoms with Crippen LogP contribution in [0, 0.1) is 26.0 Å². The predicted octanol–water partition coefficient (Wildman–Crippen LogP) is 7.73. The molecule has 0 bridgehead atoms. The molecule has 0 saturated heterocycles. The number of hydrogen-bond acceptors (Lipinski definition) is 11. The Labute approximate surface area is 393 Å². The largest absolute Gasteiger partial charge is 0.509 e. The average Bonchev–Trinajstić information content (AvgIpc) is 3.73. The molecular weight excluding hydrogens is 1060 g/mol. The van der Waals surface area contributed by atoms with Gasteiger partial charge in [-0.2, -0.15) is 40.2 Å². The second-order valence-electron chi connectivity index (χ2n) is 15.4. The topological polar surface area (TPSA) is 191 Å². The highest BCUT2D eigenvalue weighted by molar-refractivity contribution is 14.1. The summed E-state index contributed by atoms with van der Waals surface area (Å²) in [6, 6.07) is 0.490. The van der Waals surface area contributed by atoms with E-state index in [0.717, 1.165) is 26.5 Å².